The monoisotopic (exact) mass is 438 g/mol. The number of fused-ring (bicyclic) bond motifs is 1. The van der Waals surface area contributed by atoms with E-state index in [0.717, 1.165) is 22.2 Å². The van der Waals surface area contributed by atoms with Crippen molar-refractivity contribution in [3.63, 3.8) is 0 Å². The molecule has 0 aliphatic rings. The lowest BCUT2D eigenvalue weighted by molar-refractivity contribution is 0.0946. The number of rotatable bonds is 5. The number of aryl methyl sites for hydroxylation is 2. The summed E-state index contributed by atoms with van der Waals surface area (Å²) in [5.74, 6) is -0.344. The van der Waals surface area contributed by atoms with Gasteiger partial charge in [0.25, 0.3) is 5.91 Å². The Morgan fingerprint density at radius 2 is 1.91 bits per heavy atom. The van der Waals surface area contributed by atoms with Crippen molar-refractivity contribution in [3.05, 3.63) is 78.5 Å². The first-order valence-electron chi connectivity index (χ1n) is 10.4. The lowest BCUT2D eigenvalue weighted by Gasteiger charge is -2.13. The van der Waals surface area contributed by atoms with E-state index < -0.39 is 5.91 Å². The normalized spacial score (nSPS) is 11.1. The first-order chi connectivity index (χ1) is 16.0. The zero-order chi connectivity index (χ0) is 22.9. The molecule has 0 aliphatic carbocycles. The van der Waals surface area contributed by atoms with Gasteiger partial charge in [-0.25, -0.2) is 9.97 Å². The molecule has 0 bridgehead atoms. The van der Waals surface area contributed by atoms with Crippen LogP contribution in [0.15, 0.2) is 67.1 Å². The summed E-state index contributed by atoms with van der Waals surface area (Å²) < 4.78 is 3.62. The van der Waals surface area contributed by atoms with Gasteiger partial charge < -0.3 is 15.6 Å². The van der Waals surface area contributed by atoms with Crippen LogP contribution >= 0.6 is 0 Å². The van der Waals surface area contributed by atoms with Gasteiger partial charge in [-0.05, 0) is 36.4 Å². The van der Waals surface area contributed by atoms with Gasteiger partial charge in [-0.2, -0.15) is 5.10 Å². The Hall–Kier alpha value is -4.53. The van der Waals surface area contributed by atoms with E-state index in [2.05, 4.69) is 25.4 Å². The highest BCUT2D eigenvalue weighted by Gasteiger charge is 2.21. The average Bonchev–Trinajstić information content (AvgIpc) is 3.44. The van der Waals surface area contributed by atoms with Crippen LogP contribution in [0.5, 0.6) is 0 Å². The summed E-state index contributed by atoms with van der Waals surface area (Å²) in [4.78, 5) is 26.6. The highest BCUT2D eigenvalue weighted by molar-refractivity contribution is 5.98. The van der Waals surface area contributed by atoms with Crippen LogP contribution in [0.4, 0.5) is 5.82 Å². The standard InChI is InChI=1S/C24H22N8O/c1-31-11-4-6-17(31)14-27-24(33)22-23(25)29-21(19-9-12-32(2)30-19)20(28-22)16-7-8-18-15(13-16)5-3-10-26-18/h3-13H,14H2,1-2H3,(H2,25,29)(H,27,33). The second kappa shape index (κ2) is 8.19. The van der Waals surface area contributed by atoms with Crippen LogP contribution in [0.25, 0.3) is 33.5 Å². The first-order valence-corrected chi connectivity index (χ1v) is 10.4. The number of anilines is 1. The first kappa shape index (κ1) is 20.4. The summed E-state index contributed by atoms with van der Waals surface area (Å²) >= 11 is 0. The lowest BCUT2D eigenvalue weighted by atomic mass is 10.0. The molecule has 0 saturated carbocycles. The Kier molecular flexibility index (Phi) is 5.06. The molecule has 33 heavy (non-hydrogen) atoms. The molecule has 0 spiro atoms. The Morgan fingerprint density at radius 1 is 1.03 bits per heavy atom. The molecule has 0 fully saturated rings. The Bertz CT molecular complexity index is 1480. The van der Waals surface area contributed by atoms with Crippen LogP contribution in [0.1, 0.15) is 16.2 Å². The Morgan fingerprint density at radius 3 is 2.67 bits per heavy atom. The third-order valence-corrected chi connectivity index (χ3v) is 5.45. The molecule has 0 saturated heterocycles. The molecular weight excluding hydrogens is 416 g/mol. The third-order valence-electron chi connectivity index (χ3n) is 5.45. The van der Waals surface area contributed by atoms with E-state index in [9.17, 15) is 4.79 Å². The zero-order valence-corrected chi connectivity index (χ0v) is 18.2. The SMILES string of the molecule is Cn1ccc(-c2nc(N)c(C(=O)NCc3cccn3C)nc2-c2ccc3ncccc3c2)n1. The summed E-state index contributed by atoms with van der Waals surface area (Å²) in [6.45, 7) is 0.350. The highest BCUT2D eigenvalue weighted by Crippen LogP contribution is 2.31. The van der Waals surface area contributed by atoms with E-state index in [1.54, 1.807) is 10.9 Å². The number of nitrogens with zero attached hydrogens (tertiary/aromatic N) is 6. The van der Waals surface area contributed by atoms with Crippen molar-refractivity contribution in [1.82, 2.24) is 34.6 Å². The molecule has 5 aromatic rings. The van der Waals surface area contributed by atoms with Gasteiger partial charge in [0.15, 0.2) is 11.5 Å². The number of pyridine rings is 1. The van der Waals surface area contributed by atoms with E-state index in [1.807, 2.05) is 79.6 Å². The van der Waals surface area contributed by atoms with Gasteiger partial charge >= 0.3 is 0 Å². The molecule has 0 radical (unpaired) electrons. The minimum absolute atomic E-state index is 0.0474. The van der Waals surface area contributed by atoms with Crippen molar-refractivity contribution in [3.8, 4) is 22.6 Å². The maximum Gasteiger partial charge on any atom is 0.274 e. The number of amides is 1. The van der Waals surface area contributed by atoms with E-state index in [-0.39, 0.29) is 11.5 Å². The van der Waals surface area contributed by atoms with Crippen LogP contribution in [-0.4, -0.2) is 35.2 Å². The van der Waals surface area contributed by atoms with Crippen LogP contribution in [0.3, 0.4) is 0 Å². The second-order valence-corrected chi connectivity index (χ2v) is 7.73. The fraction of sp³-hybridized carbons (Fsp3) is 0.125. The van der Waals surface area contributed by atoms with Gasteiger partial charge in [-0.3, -0.25) is 14.5 Å². The molecule has 0 unspecified atom stereocenters. The maximum atomic E-state index is 13.0. The molecule has 4 aromatic heterocycles. The molecule has 1 amide bonds. The summed E-state index contributed by atoms with van der Waals surface area (Å²) in [5, 5.41) is 8.30. The Labute approximate surface area is 189 Å². The van der Waals surface area contributed by atoms with Gasteiger partial charge in [-0.1, -0.05) is 12.1 Å². The summed E-state index contributed by atoms with van der Waals surface area (Å²) in [6, 6.07) is 15.4. The molecule has 0 aliphatic heterocycles. The maximum absolute atomic E-state index is 13.0. The number of aromatic nitrogens is 6. The van der Waals surface area contributed by atoms with Gasteiger partial charge in [-0.15, -0.1) is 0 Å². The van der Waals surface area contributed by atoms with Crippen molar-refractivity contribution in [2.24, 2.45) is 14.1 Å². The molecule has 5 rings (SSSR count). The summed E-state index contributed by atoms with van der Waals surface area (Å²) in [6.07, 6.45) is 5.49. The minimum atomic E-state index is -0.391. The highest BCUT2D eigenvalue weighted by atomic mass is 16.1. The minimum Gasteiger partial charge on any atom is -0.382 e. The van der Waals surface area contributed by atoms with Gasteiger partial charge in [0.1, 0.15) is 11.4 Å². The smallest absolute Gasteiger partial charge is 0.274 e. The summed E-state index contributed by atoms with van der Waals surface area (Å²) in [7, 11) is 3.75. The molecule has 164 valence electrons. The van der Waals surface area contributed by atoms with Crippen LogP contribution in [0, 0.1) is 0 Å². The molecule has 9 nitrogen and oxygen atoms in total. The lowest BCUT2D eigenvalue weighted by Crippen LogP contribution is -2.26. The molecule has 3 N–H and O–H groups in total. The number of hydrogen-bond acceptors (Lipinski definition) is 6. The fourth-order valence-electron chi connectivity index (χ4n) is 3.69. The van der Waals surface area contributed by atoms with Crippen molar-refractivity contribution in [2.75, 3.05) is 5.73 Å². The third kappa shape index (κ3) is 3.91. The number of nitrogen functional groups attached to an aromatic ring is 1. The number of nitrogens with two attached hydrogens (primary N) is 1. The largest absolute Gasteiger partial charge is 0.382 e. The fourth-order valence-corrected chi connectivity index (χ4v) is 3.69. The van der Waals surface area contributed by atoms with E-state index in [4.69, 9.17) is 5.73 Å². The van der Waals surface area contributed by atoms with E-state index >= 15 is 0 Å². The molecule has 1 aromatic carbocycles. The number of carbonyl (C=O) groups excluding carboxylic acids is 1. The van der Waals surface area contributed by atoms with Crippen molar-refractivity contribution >= 4 is 22.6 Å². The number of hydrogen-bond donors (Lipinski definition) is 2. The number of benzene rings is 1. The van der Waals surface area contributed by atoms with Crippen LogP contribution in [-0.2, 0) is 20.6 Å². The second-order valence-electron chi connectivity index (χ2n) is 7.73. The van der Waals surface area contributed by atoms with Crippen molar-refractivity contribution < 1.29 is 4.79 Å². The molecule has 9 heteroatoms. The van der Waals surface area contributed by atoms with Crippen molar-refractivity contribution in [1.29, 1.82) is 0 Å². The quantitative estimate of drug-likeness (QED) is 0.436. The van der Waals surface area contributed by atoms with Gasteiger partial charge in [0, 0.05) is 49.3 Å². The molecule has 0 atom stereocenters. The predicted octanol–water partition coefficient (Wildman–Crippen LogP) is 2.94. The number of carbonyl (C=O) groups is 1. The number of nitrogens with one attached hydrogen (secondary N) is 1. The van der Waals surface area contributed by atoms with E-state index in [0.29, 0.717) is 23.6 Å². The van der Waals surface area contributed by atoms with Crippen molar-refractivity contribution in [2.45, 2.75) is 6.54 Å². The summed E-state index contributed by atoms with van der Waals surface area (Å²) in [5.41, 5.74) is 10.5. The molecule has 4 heterocycles. The van der Waals surface area contributed by atoms with Gasteiger partial charge in [0.2, 0.25) is 0 Å². The predicted molar refractivity (Wildman–Crippen MR) is 126 cm³/mol. The van der Waals surface area contributed by atoms with Crippen LogP contribution in [0.2, 0.25) is 0 Å². The average molecular weight is 438 g/mol. The Balaban J connectivity index is 1.59. The zero-order valence-electron chi connectivity index (χ0n) is 18.2. The molecular formula is C24H22N8O. The van der Waals surface area contributed by atoms with E-state index in [1.165, 1.54) is 0 Å². The topological polar surface area (TPSA) is 117 Å². The van der Waals surface area contributed by atoms with Crippen LogP contribution < -0.4 is 11.1 Å². The van der Waals surface area contributed by atoms with Gasteiger partial charge in [0.05, 0.1) is 17.8 Å².